The number of hydrogen-bond donors (Lipinski definition) is 0. The average molecular weight is 324 g/mol. The molecule has 0 saturated heterocycles. The van der Waals surface area contributed by atoms with Crippen LogP contribution in [0.3, 0.4) is 0 Å². The fourth-order valence-electron chi connectivity index (χ4n) is 0. The molecule has 0 aromatic heterocycles. The molecule has 0 heterocycles. The molecular formula is H4CdGeOSn. The van der Waals surface area contributed by atoms with Crippen LogP contribution in [0.15, 0.2) is 0 Å². The Kier molecular flexibility index (Phi) is 81.3. The van der Waals surface area contributed by atoms with Gasteiger partial charge in [-0.1, -0.05) is 0 Å². The second-order valence-corrected chi connectivity index (χ2v) is 0. The zero-order valence-electron chi connectivity index (χ0n) is 1.62. The summed E-state index contributed by atoms with van der Waals surface area (Å²) >= 11 is 0.300. The van der Waals surface area contributed by atoms with Gasteiger partial charge in [0.25, 0.3) is 0 Å². The van der Waals surface area contributed by atoms with Crippen molar-refractivity contribution in [2.24, 2.45) is 0 Å². The molecule has 0 unspecified atom stereocenters. The molecule has 0 aliphatic rings. The van der Waals surface area contributed by atoms with Gasteiger partial charge >= 0.3 is 43.2 Å². The predicted octanol–water partition coefficient (Wildman–Crippen LogP) is -1.95. The summed E-state index contributed by atoms with van der Waals surface area (Å²) in [6.45, 7) is 0. The van der Waals surface area contributed by atoms with E-state index in [0.29, 0.717) is 22.5 Å². The average Bonchev–Trinajstić information content (AvgIpc) is 1.00. The van der Waals surface area contributed by atoms with E-state index in [4.69, 9.17) is 3.08 Å². The Labute approximate surface area is 69.5 Å². The predicted molar refractivity (Wildman–Crippen MR) is 17.8 cm³/mol. The van der Waals surface area contributed by atoms with Gasteiger partial charge in [-0.05, 0) is 0 Å². The van der Waals surface area contributed by atoms with E-state index in [1.807, 2.05) is 0 Å². The molecule has 0 atom stereocenters. The second kappa shape index (κ2) is 19.6. The Morgan fingerprint density at radius 1 is 1.25 bits per heavy atom. The Morgan fingerprint density at radius 2 is 1.25 bits per heavy atom. The fraction of sp³-hybridized carbons (Fsp3) is 0. The summed E-state index contributed by atoms with van der Waals surface area (Å²) in [6.07, 6.45) is 0. The van der Waals surface area contributed by atoms with Crippen molar-refractivity contribution in [1.82, 2.24) is 0 Å². The maximum absolute atomic E-state index is 8.34. The van der Waals surface area contributed by atoms with Crippen LogP contribution in [-0.2, 0) is 30.4 Å². The molecular weight excluding hydrogens is 320 g/mol. The molecule has 4 heavy (non-hydrogen) atoms. The standard InChI is InChI=1S/Cd.GeH4.O.Sn/h;1H4;;. The topological polar surface area (TPSA) is 17.1 Å². The van der Waals surface area contributed by atoms with Crippen LogP contribution in [0, 0.1) is 0 Å². The minimum absolute atomic E-state index is 0. The fourth-order valence-corrected chi connectivity index (χ4v) is 0. The maximum atomic E-state index is 8.34. The number of rotatable bonds is 0. The van der Waals surface area contributed by atoms with E-state index < -0.39 is 0 Å². The van der Waals surface area contributed by atoms with E-state index >= 15 is 0 Å². The SMILES string of the molecule is [Cd].[GeH4].[O]=[Sn]. The van der Waals surface area contributed by atoms with Crippen LogP contribution in [0.1, 0.15) is 0 Å². The first-order valence-corrected chi connectivity index (χ1v) is 1.37. The molecule has 0 bridgehead atoms. The minimum atomic E-state index is 0. The number of hydrogen-bond acceptors (Lipinski definition) is 1. The summed E-state index contributed by atoms with van der Waals surface area (Å²) in [5.41, 5.74) is 0. The van der Waals surface area contributed by atoms with Gasteiger partial charge in [0.05, 0.1) is 0 Å². The van der Waals surface area contributed by atoms with E-state index in [1.54, 1.807) is 0 Å². The molecule has 0 aliphatic heterocycles. The van der Waals surface area contributed by atoms with E-state index in [1.165, 1.54) is 0 Å². The molecule has 0 aromatic rings. The molecule has 20 valence electrons. The van der Waals surface area contributed by atoms with Gasteiger partial charge in [-0.2, -0.15) is 0 Å². The van der Waals surface area contributed by atoms with Crippen LogP contribution >= 0.6 is 0 Å². The summed E-state index contributed by atoms with van der Waals surface area (Å²) in [7, 11) is 0. The molecule has 0 amide bonds. The van der Waals surface area contributed by atoms with Crippen LogP contribution in [0.5, 0.6) is 0 Å². The van der Waals surface area contributed by atoms with Crippen LogP contribution < -0.4 is 0 Å². The van der Waals surface area contributed by atoms with E-state index in [2.05, 4.69) is 0 Å². The van der Waals surface area contributed by atoms with Crippen molar-refractivity contribution in [3.05, 3.63) is 0 Å². The molecule has 0 N–H and O–H groups in total. The summed E-state index contributed by atoms with van der Waals surface area (Å²) in [5, 5.41) is 0. The zero-order chi connectivity index (χ0) is 2.00. The summed E-state index contributed by atoms with van der Waals surface area (Å²) in [6, 6.07) is 0. The first-order valence-electron chi connectivity index (χ1n) is 0.204. The van der Waals surface area contributed by atoms with E-state index in [0.717, 1.165) is 0 Å². The third-order valence-electron chi connectivity index (χ3n) is 0. The molecule has 0 spiro atoms. The van der Waals surface area contributed by atoms with Crippen molar-refractivity contribution in [1.29, 1.82) is 0 Å². The van der Waals surface area contributed by atoms with Crippen molar-refractivity contribution < 1.29 is 30.4 Å². The van der Waals surface area contributed by atoms with Crippen LogP contribution in [0.25, 0.3) is 0 Å². The second-order valence-electron chi connectivity index (χ2n) is 0. The molecule has 2 radical (unpaired) electrons. The Bertz CT molecular complexity index is 8.00. The van der Waals surface area contributed by atoms with Crippen molar-refractivity contribution in [3.63, 3.8) is 0 Å². The van der Waals surface area contributed by atoms with Gasteiger partial charge in [0, 0.05) is 27.3 Å². The molecule has 0 aromatic carbocycles. The third-order valence-corrected chi connectivity index (χ3v) is 0. The van der Waals surface area contributed by atoms with Gasteiger partial charge in [0.1, 0.15) is 0 Å². The molecule has 0 rings (SSSR count). The quantitative estimate of drug-likeness (QED) is 0.474. The normalized spacial score (nSPS) is 1.00. The van der Waals surface area contributed by atoms with Gasteiger partial charge in [-0.15, -0.1) is 0 Å². The Hall–Kier alpha value is 2.06. The van der Waals surface area contributed by atoms with Crippen molar-refractivity contribution >= 4 is 40.1 Å². The summed E-state index contributed by atoms with van der Waals surface area (Å²) in [5.74, 6) is 0. The van der Waals surface area contributed by atoms with Gasteiger partial charge < -0.3 is 0 Å². The first-order chi connectivity index (χ1) is 1.00. The Morgan fingerprint density at radius 3 is 1.25 bits per heavy atom. The first kappa shape index (κ1) is 16.6. The third kappa shape index (κ3) is 8.96. The zero-order valence-corrected chi connectivity index (χ0v) is 8.51. The molecule has 1 nitrogen and oxygen atoms in total. The molecule has 0 fully saturated rings. The van der Waals surface area contributed by atoms with Crippen molar-refractivity contribution in [3.8, 4) is 0 Å². The molecule has 0 saturated carbocycles. The summed E-state index contributed by atoms with van der Waals surface area (Å²) in [4.78, 5) is 0. The van der Waals surface area contributed by atoms with Crippen LogP contribution in [-0.4, -0.2) is 40.1 Å². The van der Waals surface area contributed by atoms with Gasteiger partial charge in [0.2, 0.25) is 0 Å². The van der Waals surface area contributed by atoms with Crippen LogP contribution in [0.4, 0.5) is 0 Å². The van der Waals surface area contributed by atoms with E-state index in [9.17, 15) is 0 Å². The van der Waals surface area contributed by atoms with Crippen molar-refractivity contribution in [2.45, 2.75) is 0 Å². The monoisotopic (exact) mass is 328 g/mol. The molecule has 4 heteroatoms. The summed E-state index contributed by atoms with van der Waals surface area (Å²) < 4.78 is 8.34. The van der Waals surface area contributed by atoms with Gasteiger partial charge in [0.15, 0.2) is 0 Å². The van der Waals surface area contributed by atoms with Crippen molar-refractivity contribution in [2.75, 3.05) is 0 Å². The van der Waals surface area contributed by atoms with Crippen LogP contribution in [0.2, 0.25) is 0 Å². The Balaban J connectivity index is -0.00000000500. The molecule has 0 aliphatic carbocycles. The van der Waals surface area contributed by atoms with E-state index in [-0.39, 0.29) is 44.9 Å². The van der Waals surface area contributed by atoms with Gasteiger partial charge in [-0.25, -0.2) is 0 Å². The van der Waals surface area contributed by atoms with Gasteiger partial charge in [-0.3, -0.25) is 0 Å².